The van der Waals surface area contributed by atoms with Gasteiger partial charge in [-0.1, -0.05) is 0 Å². The van der Waals surface area contributed by atoms with Gasteiger partial charge in [-0.25, -0.2) is 18.0 Å². The van der Waals surface area contributed by atoms with Gasteiger partial charge in [0.15, 0.2) is 17.5 Å². The number of esters is 1. The van der Waals surface area contributed by atoms with Gasteiger partial charge in [-0.2, -0.15) is 0 Å². The second-order valence-corrected chi connectivity index (χ2v) is 3.68. The van der Waals surface area contributed by atoms with Crippen LogP contribution in [0.15, 0.2) is 12.3 Å². The number of carbonyl (C=O) groups is 1. The molecular formula is C12H9F3N2O2. The fourth-order valence-corrected chi connectivity index (χ4v) is 1.66. The van der Waals surface area contributed by atoms with Crippen molar-refractivity contribution in [1.29, 1.82) is 0 Å². The molecular weight excluding hydrogens is 261 g/mol. The molecule has 0 aliphatic rings. The summed E-state index contributed by atoms with van der Waals surface area (Å²) in [7, 11) is 0. The number of hydrogen-bond acceptors (Lipinski definition) is 4. The van der Waals surface area contributed by atoms with Crippen molar-refractivity contribution < 1.29 is 22.7 Å². The molecule has 0 saturated heterocycles. The minimum absolute atomic E-state index is 0.0797. The number of anilines is 1. The Morgan fingerprint density at radius 1 is 1.37 bits per heavy atom. The highest BCUT2D eigenvalue weighted by molar-refractivity contribution is 6.04. The third kappa shape index (κ3) is 2.07. The molecule has 1 heterocycles. The summed E-state index contributed by atoms with van der Waals surface area (Å²) in [5.41, 5.74) is 4.49. The molecule has 100 valence electrons. The first-order valence-corrected chi connectivity index (χ1v) is 5.36. The smallest absolute Gasteiger partial charge is 0.341 e. The van der Waals surface area contributed by atoms with Crippen LogP contribution in [0.4, 0.5) is 18.9 Å². The summed E-state index contributed by atoms with van der Waals surface area (Å²) in [5.74, 6) is -4.65. The summed E-state index contributed by atoms with van der Waals surface area (Å²) in [4.78, 5) is 15.1. The van der Waals surface area contributed by atoms with E-state index in [4.69, 9.17) is 5.73 Å². The molecule has 0 fully saturated rings. The van der Waals surface area contributed by atoms with Crippen LogP contribution in [-0.2, 0) is 4.74 Å². The Morgan fingerprint density at radius 2 is 2.05 bits per heavy atom. The predicted molar refractivity (Wildman–Crippen MR) is 62.0 cm³/mol. The zero-order valence-electron chi connectivity index (χ0n) is 9.84. The van der Waals surface area contributed by atoms with Crippen LogP contribution in [0.5, 0.6) is 0 Å². The van der Waals surface area contributed by atoms with Crippen molar-refractivity contribution in [2.75, 3.05) is 12.3 Å². The van der Waals surface area contributed by atoms with E-state index in [0.29, 0.717) is 6.07 Å². The quantitative estimate of drug-likeness (QED) is 0.672. The van der Waals surface area contributed by atoms with E-state index in [1.165, 1.54) is 0 Å². The van der Waals surface area contributed by atoms with Crippen molar-refractivity contribution in [3.8, 4) is 0 Å². The molecule has 4 nitrogen and oxygen atoms in total. The van der Waals surface area contributed by atoms with Crippen LogP contribution in [0.2, 0.25) is 0 Å². The number of hydrogen-bond donors (Lipinski definition) is 1. The average molecular weight is 270 g/mol. The highest BCUT2D eigenvalue weighted by Gasteiger charge is 2.21. The summed E-state index contributed by atoms with van der Waals surface area (Å²) in [5, 5.41) is -0.567. The summed E-state index contributed by atoms with van der Waals surface area (Å²) in [6.45, 7) is 1.65. The van der Waals surface area contributed by atoms with Gasteiger partial charge in [-0.15, -0.1) is 0 Å². The van der Waals surface area contributed by atoms with Gasteiger partial charge in [0.25, 0.3) is 0 Å². The summed E-state index contributed by atoms with van der Waals surface area (Å²) < 4.78 is 44.9. The maximum absolute atomic E-state index is 13.7. The van der Waals surface area contributed by atoms with Crippen LogP contribution in [-0.4, -0.2) is 17.6 Å². The Bertz CT molecular complexity index is 674. The van der Waals surface area contributed by atoms with Gasteiger partial charge in [0.2, 0.25) is 0 Å². The van der Waals surface area contributed by atoms with Crippen LogP contribution in [0.3, 0.4) is 0 Å². The SMILES string of the molecule is CCOC(=O)c1cnc2c(F)cc(F)c(F)c2c1N. The van der Waals surface area contributed by atoms with Crippen molar-refractivity contribution in [2.24, 2.45) is 0 Å². The van der Waals surface area contributed by atoms with E-state index < -0.39 is 40.0 Å². The Morgan fingerprint density at radius 3 is 2.68 bits per heavy atom. The van der Waals surface area contributed by atoms with Gasteiger partial charge < -0.3 is 10.5 Å². The number of ether oxygens (including phenoxy) is 1. The van der Waals surface area contributed by atoms with E-state index in [-0.39, 0.29) is 12.2 Å². The van der Waals surface area contributed by atoms with Crippen LogP contribution in [0.25, 0.3) is 10.9 Å². The number of nitrogen functional groups attached to an aromatic ring is 1. The van der Waals surface area contributed by atoms with Crippen molar-refractivity contribution in [3.63, 3.8) is 0 Å². The standard InChI is InChI=1S/C12H9F3N2O2/c1-2-19-12(18)5-4-17-11-7(14)3-6(13)9(15)8(11)10(5)16/h3-4H,2H2,1H3,(H2,16,17). The number of carbonyl (C=O) groups excluding carboxylic acids is 1. The second kappa shape index (κ2) is 4.75. The zero-order chi connectivity index (χ0) is 14.2. The number of fused-ring (bicyclic) bond motifs is 1. The number of nitrogens with zero attached hydrogens (tertiary/aromatic N) is 1. The molecule has 2 aromatic rings. The average Bonchev–Trinajstić information content (AvgIpc) is 2.36. The van der Waals surface area contributed by atoms with Gasteiger partial charge in [0.1, 0.15) is 11.1 Å². The molecule has 19 heavy (non-hydrogen) atoms. The lowest BCUT2D eigenvalue weighted by molar-refractivity contribution is 0.0527. The molecule has 0 radical (unpaired) electrons. The normalized spacial score (nSPS) is 10.7. The van der Waals surface area contributed by atoms with Crippen molar-refractivity contribution >= 4 is 22.6 Å². The third-order valence-corrected chi connectivity index (χ3v) is 2.52. The summed E-state index contributed by atoms with van der Waals surface area (Å²) in [6, 6.07) is 0.369. The number of aromatic nitrogens is 1. The van der Waals surface area contributed by atoms with Gasteiger partial charge in [0.05, 0.1) is 17.7 Å². The first kappa shape index (κ1) is 13.1. The predicted octanol–water partition coefficient (Wildman–Crippen LogP) is 2.41. The fourth-order valence-electron chi connectivity index (χ4n) is 1.66. The van der Waals surface area contributed by atoms with Gasteiger partial charge in [-0.05, 0) is 6.92 Å². The number of halogens is 3. The monoisotopic (exact) mass is 270 g/mol. The van der Waals surface area contributed by atoms with E-state index in [1.807, 2.05) is 0 Å². The molecule has 0 spiro atoms. The molecule has 1 aromatic heterocycles. The Kier molecular flexibility index (Phi) is 3.28. The third-order valence-electron chi connectivity index (χ3n) is 2.52. The minimum Gasteiger partial charge on any atom is -0.462 e. The molecule has 0 aliphatic heterocycles. The van der Waals surface area contributed by atoms with E-state index in [2.05, 4.69) is 9.72 Å². The van der Waals surface area contributed by atoms with Crippen molar-refractivity contribution in [1.82, 2.24) is 4.98 Å². The number of rotatable bonds is 2. The molecule has 0 saturated carbocycles. The van der Waals surface area contributed by atoms with Crippen LogP contribution >= 0.6 is 0 Å². The lowest BCUT2D eigenvalue weighted by atomic mass is 10.1. The number of nitrogens with two attached hydrogens (primary N) is 1. The van der Waals surface area contributed by atoms with E-state index in [1.54, 1.807) is 6.92 Å². The van der Waals surface area contributed by atoms with E-state index in [9.17, 15) is 18.0 Å². The molecule has 2 N–H and O–H groups in total. The highest BCUT2D eigenvalue weighted by Crippen LogP contribution is 2.29. The lowest BCUT2D eigenvalue weighted by Gasteiger charge is -2.09. The number of benzene rings is 1. The maximum Gasteiger partial charge on any atom is 0.341 e. The number of pyridine rings is 1. The topological polar surface area (TPSA) is 65.2 Å². The molecule has 0 bridgehead atoms. The van der Waals surface area contributed by atoms with Crippen molar-refractivity contribution in [2.45, 2.75) is 6.92 Å². The molecule has 2 rings (SSSR count). The Balaban J connectivity index is 2.77. The van der Waals surface area contributed by atoms with Gasteiger partial charge in [-0.3, -0.25) is 4.98 Å². The van der Waals surface area contributed by atoms with Gasteiger partial charge >= 0.3 is 5.97 Å². The van der Waals surface area contributed by atoms with E-state index in [0.717, 1.165) is 6.20 Å². The largest absolute Gasteiger partial charge is 0.462 e. The Labute approximate surface area is 106 Å². The van der Waals surface area contributed by atoms with E-state index >= 15 is 0 Å². The van der Waals surface area contributed by atoms with Crippen molar-refractivity contribution in [3.05, 3.63) is 35.3 Å². The summed E-state index contributed by atoms with van der Waals surface area (Å²) in [6.07, 6.45) is 0.968. The molecule has 0 amide bonds. The molecule has 7 heteroatoms. The molecule has 0 aliphatic carbocycles. The van der Waals surface area contributed by atoms with Crippen LogP contribution in [0, 0.1) is 17.5 Å². The lowest BCUT2D eigenvalue weighted by Crippen LogP contribution is -2.10. The maximum atomic E-state index is 13.7. The zero-order valence-corrected chi connectivity index (χ0v) is 9.84. The molecule has 0 atom stereocenters. The fraction of sp³-hybridized carbons (Fsp3) is 0.167. The Hall–Kier alpha value is -2.31. The molecule has 1 aromatic carbocycles. The minimum atomic E-state index is -1.40. The van der Waals surface area contributed by atoms with Crippen LogP contribution < -0.4 is 5.73 Å². The second-order valence-electron chi connectivity index (χ2n) is 3.68. The van der Waals surface area contributed by atoms with Crippen LogP contribution in [0.1, 0.15) is 17.3 Å². The first-order valence-electron chi connectivity index (χ1n) is 5.36. The highest BCUT2D eigenvalue weighted by atomic mass is 19.2. The summed E-state index contributed by atoms with van der Waals surface area (Å²) >= 11 is 0. The van der Waals surface area contributed by atoms with Gasteiger partial charge in [0, 0.05) is 12.3 Å². The molecule has 0 unspecified atom stereocenters. The first-order chi connectivity index (χ1) is 8.97.